The lowest BCUT2D eigenvalue weighted by molar-refractivity contribution is -0.138. The van der Waals surface area contributed by atoms with Crippen LogP contribution < -0.4 is 5.23 Å². The monoisotopic (exact) mass is 222 g/mol. The number of benzene rings is 1. The minimum Gasteiger partial charge on any atom is -0.733 e. The molecule has 0 atom stereocenters. The summed E-state index contributed by atoms with van der Waals surface area (Å²) in [6, 6.07) is 2.38. The summed E-state index contributed by atoms with van der Waals surface area (Å²) in [6.45, 7) is -0.792. The van der Waals surface area contributed by atoms with Gasteiger partial charge < -0.3 is 15.5 Å². The van der Waals surface area contributed by atoms with E-state index in [1.807, 2.05) is 0 Å². The van der Waals surface area contributed by atoms with E-state index in [1.165, 1.54) is 0 Å². The molecule has 0 amide bonds. The lowest BCUT2D eigenvalue weighted by atomic mass is 10.1. The highest BCUT2D eigenvalue weighted by Crippen LogP contribution is 2.34. The Kier molecular flexibility index (Phi) is 3.18. The minimum absolute atomic E-state index is 0.354. The van der Waals surface area contributed by atoms with Gasteiger partial charge in [-0.2, -0.15) is 13.2 Å². The summed E-state index contributed by atoms with van der Waals surface area (Å²) in [7, 11) is 0. The van der Waals surface area contributed by atoms with Crippen molar-refractivity contribution in [3.63, 3.8) is 0 Å². The average Bonchev–Trinajstić information content (AvgIpc) is 2.15. The molecule has 7 heteroatoms. The summed E-state index contributed by atoms with van der Waals surface area (Å²) in [5.41, 5.74) is -2.04. The zero-order valence-corrected chi connectivity index (χ0v) is 7.32. The van der Waals surface area contributed by atoms with Crippen LogP contribution in [0.1, 0.15) is 11.1 Å². The van der Waals surface area contributed by atoms with Crippen LogP contribution in [0.4, 0.5) is 18.9 Å². The van der Waals surface area contributed by atoms with Crippen molar-refractivity contribution >= 4 is 5.69 Å². The van der Waals surface area contributed by atoms with Crippen LogP contribution in [-0.4, -0.2) is 10.3 Å². The molecule has 1 aromatic carbocycles. The predicted molar refractivity (Wildman–Crippen MR) is 45.0 cm³/mol. The van der Waals surface area contributed by atoms with Gasteiger partial charge in [0.15, 0.2) is 0 Å². The molecule has 0 heterocycles. The van der Waals surface area contributed by atoms with Crippen molar-refractivity contribution in [1.82, 2.24) is 0 Å². The van der Waals surface area contributed by atoms with Gasteiger partial charge in [-0.3, -0.25) is 5.21 Å². The summed E-state index contributed by atoms with van der Waals surface area (Å²) < 4.78 is 37.1. The third kappa shape index (κ3) is 2.58. The summed E-state index contributed by atoms with van der Waals surface area (Å²) >= 11 is 0. The molecule has 84 valence electrons. The van der Waals surface area contributed by atoms with E-state index in [1.54, 1.807) is 0 Å². The van der Waals surface area contributed by atoms with Crippen LogP contribution in [0.25, 0.3) is 0 Å². The maximum absolute atomic E-state index is 12.4. The lowest BCUT2D eigenvalue weighted by Crippen LogP contribution is -2.13. The zero-order valence-electron chi connectivity index (χ0n) is 7.32. The molecular formula is C8H7F3NO3-. The van der Waals surface area contributed by atoms with E-state index in [-0.39, 0.29) is 5.56 Å². The van der Waals surface area contributed by atoms with Gasteiger partial charge in [0.25, 0.3) is 0 Å². The second-order valence-electron chi connectivity index (χ2n) is 2.77. The first-order valence-corrected chi connectivity index (χ1v) is 3.83. The molecule has 0 fully saturated rings. The summed E-state index contributed by atoms with van der Waals surface area (Å²) in [5.74, 6) is 0. The van der Waals surface area contributed by atoms with Crippen molar-refractivity contribution in [1.29, 1.82) is 0 Å². The van der Waals surface area contributed by atoms with Crippen molar-refractivity contribution in [3.8, 4) is 0 Å². The third-order valence-corrected chi connectivity index (χ3v) is 1.79. The number of halogens is 3. The van der Waals surface area contributed by atoms with Crippen LogP contribution in [-0.2, 0) is 12.8 Å². The highest BCUT2D eigenvalue weighted by molar-refractivity contribution is 5.50. The van der Waals surface area contributed by atoms with E-state index in [4.69, 9.17) is 10.3 Å². The number of aliphatic hydroxyl groups excluding tert-OH is 1. The topological polar surface area (TPSA) is 66.8 Å². The molecule has 0 aliphatic heterocycles. The van der Waals surface area contributed by atoms with E-state index < -0.39 is 29.3 Å². The van der Waals surface area contributed by atoms with Gasteiger partial charge in [0.1, 0.15) is 0 Å². The first kappa shape index (κ1) is 11.8. The highest BCUT2D eigenvalue weighted by atomic mass is 19.4. The van der Waals surface area contributed by atoms with E-state index in [0.717, 1.165) is 12.1 Å². The van der Waals surface area contributed by atoms with Crippen LogP contribution in [0.15, 0.2) is 18.2 Å². The fourth-order valence-electron chi connectivity index (χ4n) is 1.09. The van der Waals surface area contributed by atoms with Crippen LogP contribution in [0.3, 0.4) is 0 Å². The Labute approximate surface area is 82.7 Å². The van der Waals surface area contributed by atoms with Gasteiger partial charge in [-0.05, 0) is 17.7 Å². The van der Waals surface area contributed by atoms with E-state index in [2.05, 4.69) is 0 Å². The number of rotatable bonds is 2. The normalized spacial score (nSPS) is 11.6. The van der Waals surface area contributed by atoms with Gasteiger partial charge in [-0.1, -0.05) is 6.07 Å². The number of nitrogens with zero attached hydrogens (tertiary/aromatic N) is 1. The molecule has 1 rings (SSSR count). The van der Waals surface area contributed by atoms with Crippen molar-refractivity contribution in [3.05, 3.63) is 34.5 Å². The van der Waals surface area contributed by atoms with E-state index in [0.29, 0.717) is 6.07 Å². The second-order valence-corrected chi connectivity index (χ2v) is 2.77. The standard InChI is InChI=1S/C8H7F3NO3/c9-8(10,11)7-3-6(12(14)15)2-1-5(7)4-13/h1-3,13-14H,4H2/q-1. The SMILES string of the molecule is [O-]N(O)c1ccc(CO)c(C(F)(F)F)c1. The smallest absolute Gasteiger partial charge is 0.416 e. The van der Waals surface area contributed by atoms with Gasteiger partial charge in [0, 0.05) is 0 Å². The highest BCUT2D eigenvalue weighted by Gasteiger charge is 2.33. The number of alkyl halides is 3. The average molecular weight is 222 g/mol. The Balaban J connectivity index is 3.26. The Morgan fingerprint density at radius 2 is 1.93 bits per heavy atom. The summed E-state index contributed by atoms with van der Waals surface area (Å²) in [6.07, 6.45) is -4.68. The molecule has 0 aliphatic carbocycles. The largest absolute Gasteiger partial charge is 0.733 e. The summed E-state index contributed by atoms with van der Waals surface area (Å²) in [4.78, 5) is 0. The molecule has 0 saturated carbocycles. The van der Waals surface area contributed by atoms with Crippen LogP contribution >= 0.6 is 0 Å². The van der Waals surface area contributed by atoms with Crippen molar-refractivity contribution in [2.24, 2.45) is 0 Å². The number of hydrogen-bond acceptors (Lipinski definition) is 4. The fourth-order valence-corrected chi connectivity index (χ4v) is 1.09. The van der Waals surface area contributed by atoms with Gasteiger partial charge in [0.05, 0.1) is 17.9 Å². The maximum Gasteiger partial charge on any atom is 0.416 e. The Morgan fingerprint density at radius 3 is 2.33 bits per heavy atom. The van der Waals surface area contributed by atoms with Gasteiger partial charge in [-0.15, -0.1) is 0 Å². The van der Waals surface area contributed by atoms with Crippen LogP contribution in [0.2, 0.25) is 0 Å². The lowest BCUT2D eigenvalue weighted by Gasteiger charge is -2.23. The molecule has 0 aromatic heterocycles. The van der Waals surface area contributed by atoms with Gasteiger partial charge in [-0.25, -0.2) is 0 Å². The molecule has 0 aliphatic rings. The second kappa shape index (κ2) is 4.05. The van der Waals surface area contributed by atoms with Crippen molar-refractivity contribution in [2.45, 2.75) is 12.8 Å². The Bertz CT molecular complexity index is 351. The Hall–Kier alpha value is -1.31. The molecule has 0 unspecified atom stereocenters. The molecule has 1 aromatic rings. The molecule has 0 radical (unpaired) electrons. The van der Waals surface area contributed by atoms with E-state index >= 15 is 0 Å². The van der Waals surface area contributed by atoms with Gasteiger partial charge in [0.2, 0.25) is 0 Å². The third-order valence-electron chi connectivity index (χ3n) is 1.79. The first-order chi connectivity index (χ1) is 6.86. The van der Waals surface area contributed by atoms with Crippen molar-refractivity contribution in [2.75, 3.05) is 5.23 Å². The van der Waals surface area contributed by atoms with Crippen molar-refractivity contribution < 1.29 is 23.5 Å². The van der Waals surface area contributed by atoms with Crippen LogP contribution in [0, 0.1) is 5.21 Å². The number of hydrogen-bond donors (Lipinski definition) is 2. The zero-order chi connectivity index (χ0) is 11.6. The Morgan fingerprint density at radius 1 is 1.33 bits per heavy atom. The molecule has 0 spiro atoms. The number of anilines is 1. The quantitative estimate of drug-likeness (QED) is 0.750. The molecular weight excluding hydrogens is 215 g/mol. The maximum atomic E-state index is 12.4. The molecule has 2 N–H and O–H groups in total. The summed E-state index contributed by atoms with van der Waals surface area (Å²) in [5, 5.41) is 26.8. The molecule has 0 bridgehead atoms. The fraction of sp³-hybridized carbons (Fsp3) is 0.250. The van der Waals surface area contributed by atoms with Crippen LogP contribution in [0.5, 0.6) is 0 Å². The number of aliphatic hydroxyl groups is 1. The first-order valence-electron chi connectivity index (χ1n) is 3.83. The molecule has 4 nitrogen and oxygen atoms in total. The molecule has 0 saturated heterocycles. The van der Waals surface area contributed by atoms with Gasteiger partial charge >= 0.3 is 6.18 Å². The van der Waals surface area contributed by atoms with E-state index in [9.17, 15) is 18.4 Å². The predicted octanol–water partition coefficient (Wildman–Crippen LogP) is 1.89. The minimum atomic E-state index is -4.68. The molecule has 15 heavy (non-hydrogen) atoms.